The zero-order chi connectivity index (χ0) is 14.4. The first-order valence-electron chi connectivity index (χ1n) is 6.78. The summed E-state index contributed by atoms with van der Waals surface area (Å²) in [4.78, 5) is 28.4. The third-order valence-electron chi connectivity index (χ3n) is 3.53. The van der Waals surface area contributed by atoms with Crippen LogP contribution in [0.1, 0.15) is 24.8 Å². The van der Waals surface area contributed by atoms with Crippen LogP contribution in [-0.2, 0) is 11.3 Å². The lowest BCUT2D eigenvalue weighted by Gasteiger charge is -2.31. The lowest BCUT2D eigenvalue weighted by Crippen LogP contribution is -2.44. The average molecular weight is 277 g/mol. The molecule has 1 saturated heterocycles. The first-order valence-corrected chi connectivity index (χ1v) is 6.78. The molecule has 0 unspecified atom stereocenters. The van der Waals surface area contributed by atoms with Crippen molar-refractivity contribution in [1.29, 1.82) is 0 Å². The first kappa shape index (κ1) is 14.3. The second kappa shape index (κ2) is 6.88. The van der Waals surface area contributed by atoms with Crippen LogP contribution >= 0.6 is 0 Å². The van der Waals surface area contributed by atoms with Gasteiger partial charge in [-0.1, -0.05) is 6.07 Å². The van der Waals surface area contributed by atoms with E-state index in [0.29, 0.717) is 19.6 Å². The van der Waals surface area contributed by atoms with E-state index in [9.17, 15) is 9.59 Å². The number of carbonyl (C=O) groups is 2. The standard InChI is InChI=1S/C14H19N3O3/c18-13(19)8-11-3-6-17(7-4-11)14(20)16-10-12-2-1-5-15-9-12/h1-2,5,9,11H,3-4,6-8,10H2,(H,16,20)(H,18,19). The molecule has 0 aliphatic carbocycles. The quantitative estimate of drug-likeness (QED) is 0.873. The van der Waals surface area contributed by atoms with Crippen molar-refractivity contribution >= 4 is 12.0 Å². The van der Waals surface area contributed by atoms with Crippen LogP contribution in [-0.4, -0.2) is 40.1 Å². The molecule has 0 atom stereocenters. The minimum absolute atomic E-state index is 0.0948. The summed E-state index contributed by atoms with van der Waals surface area (Å²) < 4.78 is 0. The van der Waals surface area contributed by atoms with Gasteiger partial charge in [-0.25, -0.2) is 4.79 Å². The molecule has 2 amide bonds. The molecule has 2 N–H and O–H groups in total. The maximum Gasteiger partial charge on any atom is 0.317 e. The monoisotopic (exact) mass is 277 g/mol. The van der Waals surface area contributed by atoms with Gasteiger partial charge in [0.15, 0.2) is 0 Å². The third kappa shape index (κ3) is 4.22. The highest BCUT2D eigenvalue weighted by Gasteiger charge is 2.23. The fraction of sp³-hybridized carbons (Fsp3) is 0.500. The maximum atomic E-state index is 12.0. The van der Waals surface area contributed by atoms with Gasteiger partial charge in [0, 0.05) is 38.4 Å². The second-order valence-electron chi connectivity index (χ2n) is 5.05. The van der Waals surface area contributed by atoms with E-state index < -0.39 is 5.97 Å². The van der Waals surface area contributed by atoms with E-state index in [-0.39, 0.29) is 18.4 Å². The Morgan fingerprint density at radius 2 is 2.15 bits per heavy atom. The first-order chi connectivity index (χ1) is 9.65. The molecule has 1 fully saturated rings. The fourth-order valence-electron chi connectivity index (χ4n) is 2.38. The van der Waals surface area contributed by atoms with Gasteiger partial charge in [0.05, 0.1) is 0 Å². The molecule has 2 rings (SSSR count). The van der Waals surface area contributed by atoms with Gasteiger partial charge in [0.25, 0.3) is 0 Å². The molecule has 0 saturated carbocycles. The molecule has 108 valence electrons. The number of hydrogen-bond donors (Lipinski definition) is 2. The van der Waals surface area contributed by atoms with E-state index in [4.69, 9.17) is 5.11 Å². The highest BCUT2D eigenvalue weighted by Crippen LogP contribution is 2.20. The summed E-state index contributed by atoms with van der Waals surface area (Å²) >= 11 is 0. The lowest BCUT2D eigenvalue weighted by atomic mass is 9.94. The van der Waals surface area contributed by atoms with Gasteiger partial charge in [-0.3, -0.25) is 9.78 Å². The van der Waals surface area contributed by atoms with Crippen molar-refractivity contribution in [3.8, 4) is 0 Å². The molecule has 6 nitrogen and oxygen atoms in total. The molecule has 1 aromatic heterocycles. The molecule has 0 spiro atoms. The number of pyridine rings is 1. The number of nitrogens with zero attached hydrogens (tertiary/aromatic N) is 2. The highest BCUT2D eigenvalue weighted by atomic mass is 16.4. The van der Waals surface area contributed by atoms with Crippen molar-refractivity contribution < 1.29 is 14.7 Å². The number of amides is 2. The number of piperidine rings is 1. The van der Waals surface area contributed by atoms with Crippen molar-refractivity contribution in [2.45, 2.75) is 25.8 Å². The minimum atomic E-state index is -0.760. The summed E-state index contributed by atoms with van der Waals surface area (Å²) in [6, 6.07) is 3.65. The largest absolute Gasteiger partial charge is 0.481 e. The highest BCUT2D eigenvalue weighted by molar-refractivity contribution is 5.74. The molecule has 6 heteroatoms. The SMILES string of the molecule is O=C(O)CC1CCN(C(=O)NCc2cccnc2)CC1. The van der Waals surface area contributed by atoms with E-state index in [1.54, 1.807) is 17.3 Å². The van der Waals surface area contributed by atoms with Crippen LogP contribution in [0.15, 0.2) is 24.5 Å². The van der Waals surface area contributed by atoms with E-state index in [1.165, 1.54) is 0 Å². The Hall–Kier alpha value is -2.11. The van der Waals surface area contributed by atoms with Crippen molar-refractivity contribution in [1.82, 2.24) is 15.2 Å². The third-order valence-corrected chi connectivity index (χ3v) is 3.53. The van der Waals surface area contributed by atoms with Gasteiger partial charge in [0.1, 0.15) is 0 Å². The number of aliphatic carboxylic acids is 1. The summed E-state index contributed by atoms with van der Waals surface area (Å²) in [5.74, 6) is -0.570. The van der Waals surface area contributed by atoms with Crippen LogP contribution in [0.25, 0.3) is 0 Å². The van der Waals surface area contributed by atoms with Crippen LogP contribution in [0.2, 0.25) is 0 Å². The Bertz CT molecular complexity index is 456. The topological polar surface area (TPSA) is 82.5 Å². The molecule has 20 heavy (non-hydrogen) atoms. The molecule has 0 aromatic carbocycles. The second-order valence-corrected chi connectivity index (χ2v) is 5.05. The number of hydrogen-bond acceptors (Lipinski definition) is 3. The number of aromatic nitrogens is 1. The summed E-state index contributed by atoms with van der Waals surface area (Å²) in [7, 11) is 0. The van der Waals surface area contributed by atoms with Gasteiger partial charge >= 0.3 is 12.0 Å². The van der Waals surface area contributed by atoms with Crippen LogP contribution in [0.4, 0.5) is 4.79 Å². The Morgan fingerprint density at radius 3 is 2.75 bits per heavy atom. The predicted molar refractivity (Wildman–Crippen MR) is 73.0 cm³/mol. The average Bonchev–Trinajstić information content (AvgIpc) is 2.46. The minimum Gasteiger partial charge on any atom is -0.481 e. The Kier molecular flexibility index (Phi) is 4.92. The van der Waals surface area contributed by atoms with Gasteiger partial charge in [-0.15, -0.1) is 0 Å². The van der Waals surface area contributed by atoms with E-state index in [2.05, 4.69) is 10.3 Å². The zero-order valence-electron chi connectivity index (χ0n) is 11.3. The van der Waals surface area contributed by atoms with E-state index in [0.717, 1.165) is 18.4 Å². The normalized spacial score (nSPS) is 15.9. The van der Waals surface area contributed by atoms with Gasteiger partial charge in [-0.05, 0) is 30.4 Å². The van der Waals surface area contributed by atoms with Crippen LogP contribution < -0.4 is 5.32 Å². The van der Waals surface area contributed by atoms with Gasteiger partial charge in [0.2, 0.25) is 0 Å². The molecular weight excluding hydrogens is 258 g/mol. The number of likely N-dealkylation sites (tertiary alicyclic amines) is 1. The van der Waals surface area contributed by atoms with Crippen LogP contribution in [0.5, 0.6) is 0 Å². The van der Waals surface area contributed by atoms with Gasteiger partial charge < -0.3 is 15.3 Å². The fourth-order valence-corrected chi connectivity index (χ4v) is 2.38. The van der Waals surface area contributed by atoms with E-state index >= 15 is 0 Å². The Labute approximate surface area is 117 Å². The van der Waals surface area contributed by atoms with Crippen LogP contribution in [0.3, 0.4) is 0 Å². The summed E-state index contributed by atoms with van der Waals surface area (Å²) in [6.07, 6.45) is 5.13. The molecule has 0 bridgehead atoms. The molecule has 1 aliphatic heterocycles. The lowest BCUT2D eigenvalue weighted by molar-refractivity contribution is -0.138. The van der Waals surface area contributed by atoms with Crippen LogP contribution in [0, 0.1) is 5.92 Å². The maximum absolute atomic E-state index is 12.0. The van der Waals surface area contributed by atoms with E-state index in [1.807, 2.05) is 12.1 Å². The number of urea groups is 1. The molecular formula is C14H19N3O3. The summed E-state index contributed by atoms with van der Waals surface area (Å²) in [5, 5.41) is 11.6. The zero-order valence-corrected chi connectivity index (χ0v) is 11.3. The Balaban J connectivity index is 1.73. The smallest absolute Gasteiger partial charge is 0.317 e. The number of carboxylic acids is 1. The molecule has 0 radical (unpaired) electrons. The number of rotatable bonds is 4. The number of carboxylic acid groups (broad SMARTS) is 1. The van der Waals surface area contributed by atoms with Crippen molar-refractivity contribution in [3.63, 3.8) is 0 Å². The van der Waals surface area contributed by atoms with Gasteiger partial charge in [-0.2, -0.15) is 0 Å². The van der Waals surface area contributed by atoms with Crippen molar-refractivity contribution in [2.75, 3.05) is 13.1 Å². The summed E-state index contributed by atoms with van der Waals surface area (Å²) in [5.41, 5.74) is 0.960. The number of nitrogens with one attached hydrogen (secondary N) is 1. The predicted octanol–water partition coefficient (Wildman–Crippen LogP) is 1.48. The van der Waals surface area contributed by atoms with Crippen molar-refractivity contribution in [2.24, 2.45) is 5.92 Å². The molecule has 2 heterocycles. The summed E-state index contributed by atoms with van der Waals surface area (Å²) in [6.45, 7) is 1.70. The number of carbonyl (C=O) groups excluding carboxylic acids is 1. The molecule has 1 aliphatic rings. The van der Waals surface area contributed by atoms with Crippen molar-refractivity contribution in [3.05, 3.63) is 30.1 Å². The Morgan fingerprint density at radius 1 is 1.40 bits per heavy atom. The molecule has 1 aromatic rings.